The third-order valence-electron chi connectivity index (χ3n) is 2.80. The van der Waals surface area contributed by atoms with Gasteiger partial charge in [0.05, 0.1) is 17.2 Å². The number of aliphatic hydroxyl groups is 1. The number of benzene rings is 1. The molecule has 2 atom stereocenters. The summed E-state index contributed by atoms with van der Waals surface area (Å²) >= 11 is 5.65. The van der Waals surface area contributed by atoms with Crippen molar-refractivity contribution in [1.82, 2.24) is 0 Å². The van der Waals surface area contributed by atoms with Gasteiger partial charge < -0.3 is 10.8 Å². The molecule has 1 aliphatic carbocycles. The fraction of sp³-hybridized carbons (Fsp3) is 0.455. The van der Waals surface area contributed by atoms with E-state index in [0.29, 0.717) is 11.5 Å². The van der Waals surface area contributed by atoms with Gasteiger partial charge in [-0.1, -0.05) is 17.7 Å². The van der Waals surface area contributed by atoms with Crippen LogP contribution in [0.2, 0.25) is 5.02 Å². The summed E-state index contributed by atoms with van der Waals surface area (Å²) < 4.78 is 12.9. The van der Waals surface area contributed by atoms with Gasteiger partial charge in [0.25, 0.3) is 0 Å². The largest absolute Gasteiger partial charge is 0.391 e. The molecule has 1 aliphatic rings. The first-order valence-electron chi connectivity index (χ1n) is 4.98. The Kier molecular flexibility index (Phi) is 4.56. The van der Waals surface area contributed by atoms with Gasteiger partial charge in [0.15, 0.2) is 0 Å². The van der Waals surface area contributed by atoms with Crippen LogP contribution in [0.5, 0.6) is 0 Å². The second-order valence-corrected chi connectivity index (χ2v) is 4.43. The normalized spacial score (nSPS) is 18.8. The first-order chi connectivity index (χ1) is 7.09. The third kappa shape index (κ3) is 2.86. The predicted molar refractivity (Wildman–Crippen MR) is 64.3 cm³/mol. The minimum absolute atomic E-state index is 0. The molecule has 0 heterocycles. The molecular formula is C11H14Cl2FNO. The van der Waals surface area contributed by atoms with Crippen molar-refractivity contribution < 1.29 is 9.50 Å². The van der Waals surface area contributed by atoms with E-state index in [1.54, 1.807) is 6.07 Å². The predicted octanol–water partition coefficient (Wildman–Crippen LogP) is 2.67. The number of hydrogen-bond acceptors (Lipinski definition) is 2. The van der Waals surface area contributed by atoms with Crippen molar-refractivity contribution in [2.75, 3.05) is 0 Å². The zero-order valence-corrected chi connectivity index (χ0v) is 10.1. The summed E-state index contributed by atoms with van der Waals surface area (Å²) in [5, 5.41) is 9.86. The van der Waals surface area contributed by atoms with Crippen molar-refractivity contribution in [1.29, 1.82) is 0 Å². The molecule has 0 saturated heterocycles. The Bertz CT molecular complexity index is 371. The lowest BCUT2D eigenvalue weighted by Gasteiger charge is -2.18. The molecular weight excluding hydrogens is 252 g/mol. The van der Waals surface area contributed by atoms with Gasteiger partial charge in [-0.15, -0.1) is 12.4 Å². The van der Waals surface area contributed by atoms with E-state index in [-0.39, 0.29) is 17.4 Å². The van der Waals surface area contributed by atoms with Crippen LogP contribution in [0.15, 0.2) is 18.2 Å². The van der Waals surface area contributed by atoms with Crippen LogP contribution in [-0.2, 0) is 0 Å². The summed E-state index contributed by atoms with van der Waals surface area (Å²) in [5.74, 6) is -0.169. The Hall–Kier alpha value is -0.350. The van der Waals surface area contributed by atoms with Crippen LogP contribution in [-0.4, -0.2) is 11.2 Å². The lowest BCUT2D eigenvalue weighted by atomic mass is 9.99. The molecule has 2 rings (SSSR count). The quantitative estimate of drug-likeness (QED) is 0.883. The van der Waals surface area contributed by atoms with Crippen LogP contribution in [0.1, 0.15) is 24.4 Å². The van der Waals surface area contributed by atoms with Crippen LogP contribution in [0, 0.1) is 11.7 Å². The second kappa shape index (κ2) is 5.32. The zero-order chi connectivity index (χ0) is 11.0. The zero-order valence-electron chi connectivity index (χ0n) is 8.57. The van der Waals surface area contributed by atoms with Gasteiger partial charge in [-0.3, -0.25) is 0 Å². The Morgan fingerprint density at radius 1 is 1.44 bits per heavy atom. The molecule has 16 heavy (non-hydrogen) atoms. The van der Waals surface area contributed by atoms with E-state index in [1.807, 2.05) is 0 Å². The summed E-state index contributed by atoms with van der Waals surface area (Å²) in [4.78, 5) is 0. The Morgan fingerprint density at radius 3 is 2.56 bits per heavy atom. The fourth-order valence-electron chi connectivity index (χ4n) is 1.65. The lowest BCUT2D eigenvalue weighted by molar-refractivity contribution is 0.122. The first-order valence-corrected chi connectivity index (χ1v) is 5.36. The highest BCUT2D eigenvalue weighted by atomic mass is 35.5. The Balaban J connectivity index is 0.00000128. The van der Waals surface area contributed by atoms with E-state index in [1.165, 1.54) is 12.1 Å². The van der Waals surface area contributed by atoms with E-state index < -0.39 is 18.0 Å². The molecule has 90 valence electrons. The Labute approximate surface area is 105 Å². The molecule has 0 unspecified atom stereocenters. The van der Waals surface area contributed by atoms with E-state index in [9.17, 15) is 9.50 Å². The van der Waals surface area contributed by atoms with Gasteiger partial charge in [-0.05, 0) is 36.5 Å². The van der Waals surface area contributed by atoms with Gasteiger partial charge in [-0.2, -0.15) is 0 Å². The van der Waals surface area contributed by atoms with Crippen LogP contribution < -0.4 is 5.73 Å². The molecule has 1 saturated carbocycles. The third-order valence-corrected chi connectivity index (χ3v) is 3.09. The minimum atomic E-state index is -0.550. The van der Waals surface area contributed by atoms with Crippen molar-refractivity contribution in [3.8, 4) is 0 Å². The summed E-state index contributed by atoms with van der Waals surface area (Å²) in [6.45, 7) is 0. The van der Waals surface area contributed by atoms with E-state index >= 15 is 0 Å². The van der Waals surface area contributed by atoms with Crippen LogP contribution in [0.4, 0.5) is 4.39 Å². The molecule has 0 aliphatic heterocycles. The van der Waals surface area contributed by atoms with Crippen LogP contribution in [0.3, 0.4) is 0 Å². The van der Waals surface area contributed by atoms with E-state index in [0.717, 1.165) is 12.8 Å². The topological polar surface area (TPSA) is 46.2 Å². The maximum absolute atomic E-state index is 12.9. The number of hydrogen-bond donors (Lipinski definition) is 2. The average molecular weight is 266 g/mol. The van der Waals surface area contributed by atoms with Gasteiger partial charge in [-0.25, -0.2) is 4.39 Å². The van der Waals surface area contributed by atoms with Crippen LogP contribution in [0.25, 0.3) is 0 Å². The fourth-order valence-corrected chi connectivity index (χ4v) is 1.84. The second-order valence-electron chi connectivity index (χ2n) is 4.03. The summed E-state index contributed by atoms with van der Waals surface area (Å²) in [6, 6.07) is 3.84. The van der Waals surface area contributed by atoms with Crippen LogP contribution >= 0.6 is 24.0 Å². The maximum Gasteiger partial charge on any atom is 0.141 e. The Morgan fingerprint density at radius 2 is 2.06 bits per heavy atom. The molecule has 3 N–H and O–H groups in total. The van der Waals surface area contributed by atoms with Crippen molar-refractivity contribution >= 4 is 24.0 Å². The average Bonchev–Trinajstić information content (AvgIpc) is 3.03. The monoisotopic (exact) mass is 265 g/mol. The standard InChI is InChI=1S/C11H13ClFNO.ClH/c12-8-5-7(3-4-9(8)13)10(14)11(15)6-1-2-6;/h3-6,10-11,15H,1-2,14H2;1H/t10-,11+;/m0./s1. The van der Waals surface area contributed by atoms with E-state index in [4.69, 9.17) is 17.3 Å². The minimum Gasteiger partial charge on any atom is -0.391 e. The van der Waals surface area contributed by atoms with E-state index in [2.05, 4.69) is 0 Å². The molecule has 0 amide bonds. The molecule has 0 spiro atoms. The van der Waals surface area contributed by atoms with Gasteiger partial charge in [0, 0.05) is 0 Å². The highest BCUT2D eigenvalue weighted by molar-refractivity contribution is 6.30. The molecule has 0 radical (unpaired) electrons. The first kappa shape index (κ1) is 13.7. The molecule has 5 heteroatoms. The van der Waals surface area contributed by atoms with Gasteiger partial charge in [0.2, 0.25) is 0 Å². The summed E-state index contributed by atoms with van der Waals surface area (Å²) in [6.07, 6.45) is 1.49. The maximum atomic E-state index is 12.9. The summed E-state index contributed by atoms with van der Waals surface area (Å²) in [7, 11) is 0. The molecule has 0 aromatic heterocycles. The molecule has 1 aromatic rings. The smallest absolute Gasteiger partial charge is 0.141 e. The summed E-state index contributed by atoms with van der Waals surface area (Å²) in [5.41, 5.74) is 6.55. The van der Waals surface area contributed by atoms with Crippen molar-refractivity contribution in [3.05, 3.63) is 34.6 Å². The SMILES string of the molecule is Cl.N[C@@H](c1ccc(F)c(Cl)c1)[C@H](O)C1CC1. The van der Waals surface area contributed by atoms with Crippen molar-refractivity contribution in [3.63, 3.8) is 0 Å². The molecule has 1 fully saturated rings. The highest BCUT2D eigenvalue weighted by Gasteiger charge is 2.34. The molecule has 1 aromatic carbocycles. The van der Waals surface area contributed by atoms with Crippen molar-refractivity contribution in [2.45, 2.75) is 25.0 Å². The van der Waals surface area contributed by atoms with Gasteiger partial charge >= 0.3 is 0 Å². The molecule has 0 bridgehead atoms. The van der Waals surface area contributed by atoms with Crippen molar-refractivity contribution in [2.24, 2.45) is 11.7 Å². The van der Waals surface area contributed by atoms with Gasteiger partial charge in [0.1, 0.15) is 5.82 Å². The number of aliphatic hydroxyl groups excluding tert-OH is 1. The molecule has 2 nitrogen and oxygen atoms in total. The highest BCUT2D eigenvalue weighted by Crippen LogP contribution is 2.37. The number of halogens is 3. The number of rotatable bonds is 3. The lowest BCUT2D eigenvalue weighted by Crippen LogP contribution is -2.27. The number of nitrogens with two attached hydrogens (primary N) is 1.